The number of rotatable bonds is 10. The summed E-state index contributed by atoms with van der Waals surface area (Å²) in [6, 6.07) is 3.40. The van der Waals surface area contributed by atoms with Crippen LogP contribution in [0.1, 0.15) is 83.1 Å². The molecular formula is C17H28FN. The lowest BCUT2D eigenvalue weighted by atomic mass is 9.89. The lowest BCUT2D eigenvalue weighted by molar-refractivity contribution is 0.500. The molecule has 19 heavy (non-hydrogen) atoms. The molecule has 0 aromatic carbocycles. The molecule has 0 radical (unpaired) electrons. The fourth-order valence-electron chi connectivity index (χ4n) is 2.55. The number of nitrogens with zero attached hydrogens (tertiary/aromatic N) is 1. The van der Waals surface area contributed by atoms with Gasteiger partial charge in [0.25, 0.3) is 0 Å². The van der Waals surface area contributed by atoms with Gasteiger partial charge in [0, 0.05) is 6.20 Å². The monoisotopic (exact) mass is 265 g/mol. The minimum absolute atomic E-state index is 0.374. The van der Waals surface area contributed by atoms with Gasteiger partial charge in [0.2, 0.25) is 5.95 Å². The Morgan fingerprint density at radius 2 is 1.63 bits per heavy atom. The van der Waals surface area contributed by atoms with Crippen molar-refractivity contribution in [1.29, 1.82) is 0 Å². The van der Waals surface area contributed by atoms with Gasteiger partial charge in [0.05, 0.1) is 0 Å². The van der Waals surface area contributed by atoms with Crippen LogP contribution >= 0.6 is 0 Å². The van der Waals surface area contributed by atoms with E-state index in [2.05, 4.69) is 18.8 Å². The summed E-state index contributed by atoms with van der Waals surface area (Å²) >= 11 is 0. The summed E-state index contributed by atoms with van der Waals surface area (Å²) in [4.78, 5) is 3.80. The molecule has 0 bridgehead atoms. The van der Waals surface area contributed by atoms with Crippen molar-refractivity contribution in [2.24, 2.45) is 0 Å². The second-order valence-electron chi connectivity index (χ2n) is 5.46. The van der Waals surface area contributed by atoms with Gasteiger partial charge in [-0.15, -0.1) is 0 Å². The average molecular weight is 265 g/mol. The maximum atomic E-state index is 12.9. The highest BCUT2D eigenvalue weighted by molar-refractivity contribution is 5.15. The Kier molecular flexibility index (Phi) is 8.44. The first-order valence-corrected chi connectivity index (χ1v) is 7.89. The molecule has 1 nitrogen and oxygen atoms in total. The summed E-state index contributed by atoms with van der Waals surface area (Å²) in [7, 11) is 0. The minimum atomic E-state index is -0.374. The number of halogens is 1. The van der Waals surface area contributed by atoms with Gasteiger partial charge in [-0.2, -0.15) is 4.39 Å². The van der Waals surface area contributed by atoms with Crippen LogP contribution in [0.2, 0.25) is 0 Å². The van der Waals surface area contributed by atoms with E-state index in [4.69, 9.17) is 0 Å². The third-order valence-electron chi connectivity index (χ3n) is 3.78. The van der Waals surface area contributed by atoms with E-state index in [-0.39, 0.29) is 5.95 Å². The molecule has 1 aromatic heterocycles. The normalized spacial score (nSPS) is 12.6. The summed E-state index contributed by atoms with van der Waals surface area (Å²) in [5.41, 5.74) is 1.21. The number of unbranched alkanes of at least 4 members (excludes halogenated alkanes) is 5. The lowest BCUT2D eigenvalue weighted by Gasteiger charge is -2.16. The second-order valence-corrected chi connectivity index (χ2v) is 5.46. The van der Waals surface area contributed by atoms with Crippen LogP contribution in [0.15, 0.2) is 18.3 Å². The highest BCUT2D eigenvalue weighted by atomic mass is 19.1. The molecule has 0 fully saturated rings. The first-order chi connectivity index (χ1) is 9.27. The predicted octanol–water partition coefficient (Wildman–Crippen LogP) is 5.86. The van der Waals surface area contributed by atoms with Crippen molar-refractivity contribution < 1.29 is 4.39 Å². The maximum absolute atomic E-state index is 12.9. The van der Waals surface area contributed by atoms with Crippen LogP contribution in [0, 0.1) is 5.95 Å². The van der Waals surface area contributed by atoms with Crippen molar-refractivity contribution in [3.63, 3.8) is 0 Å². The standard InChI is InChI=1S/C17H28FN/c1-3-5-7-8-9-11-15(10-6-4-2)16-12-13-17(18)19-14-16/h12-15H,3-11H2,1-2H3. The SMILES string of the molecule is CCCCCCCC(CCCC)c1ccc(F)nc1. The van der Waals surface area contributed by atoms with E-state index in [1.807, 2.05) is 6.07 Å². The fraction of sp³-hybridized carbons (Fsp3) is 0.706. The molecule has 0 spiro atoms. The van der Waals surface area contributed by atoms with Crippen LogP contribution < -0.4 is 0 Å². The molecule has 1 unspecified atom stereocenters. The van der Waals surface area contributed by atoms with Gasteiger partial charge in [0.1, 0.15) is 0 Å². The molecular weight excluding hydrogens is 237 g/mol. The van der Waals surface area contributed by atoms with Crippen molar-refractivity contribution in [3.8, 4) is 0 Å². The molecule has 1 rings (SSSR count). The Hall–Kier alpha value is -0.920. The van der Waals surface area contributed by atoms with E-state index in [9.17, 15) is 4.39 Å². The number of hydrogen-bond acceptors (Lipinski definition) is 1. The Labute approximate surface area is 117 Å². The van der Waals surface area contributed by atoms with Gasteiger partial charge in [-0.1, -0.05) is 64.9 Å². The summed E-state index contributed by atoms with van der Waals surface area (Å²) in [6.07, 6.45) is 13.2. The quantitative estimate of drug-likeness (QED) is 0.381. The zero-order chi connectivity index (χ0) is 13.9. The first kappa shape index (κ1) is 16.1. The third-order valence-corrected chi connectivity index (χ3v) is 3.78. The first-order valence-electron chi connectivity index (χ1n) is 7.89. The maximum Gasteiger partial charge on any atom is 0.212 e. The van der Waals surface area contributed by atoms with Crippen LogP contribution in [-0.2, 0) is 0 Å². The van der Waals surface area contributed by atoms with E-state index >= 15 is 0 Å². The van der Waals surface area contributed by atoms with Gasteiger partial charge >= 0.3 is 0 Å². The molecule has 1 atom stereocenters. The zero-order valence-corrected chi connectivity index (χ0v) is 12.5. The molecule has 1 heterocycles. The van der Waals surface area contributed by atoms with E-state index in [0.717, 1.165) is 0 Å². The zero-order valence-electron chi connectivity index (χ0n) is 12.5. The highest BCUT2D eigenvalue weighted by Gasteiger charge is 2.11. The van der Waals surface area contributed by atoms with Gasteiger partial charge in [-0.25, -0.2) is 4.98 Å². The van der Waals surface area contributed by atoms with E-state index in [0.29, 0.717) is 5.92 Å². The molecule has 0 aliphatic rings. The average Bonchev–Trinajstić information content (AvgIpc) is 2.43. The van der Waals surface area contributed by atoms with Gasteiger partial charge in [-0.05, 0) is 30.4 Å². The van der Waals surface area contributed by atoms with E-state index < -0.39 is 0 Å². The Bertz CT molecular complexity index is 321. The summed E-state index contributed by atoms with van der Waals surface area (Å²) < 4.78 is 12.9. The Morgan fingerprint density at radius 1 is 0.947 bits per heavy atom. The molecule has 1 aromatic rings. The topological polar surface area (TPSA) is 12.9 Å². The number of pyridine rings is 1. The molecule has 108 valence electrons. The second kappa shape index (κ2) is 9.94. The van der Waals surface area contributed by atoms with Gasteiger partial charge in [-0.3, -0.25) is 0 Å². The summed E-state index contributed by atoms with van der Waals surface area (Å²) in [5, 5.41) is 0. The molecule has 0 saturated heterocycles. The molecule has 0 aliphatic heterocycles. The van der Waals surface area contributed by atoms with Crippen LogP contribution in [0.25, 0.3) is 0 Å². The van der Waals surface area contributed by atoms with Gasteiger partial charge in [0.15, 0.2) is 0 Å². The van der Waals surface area contributed by atoms with Crippen molar-refractivity contribution in [1.82, 2.24) is 4.98 Å². The third kappa shape index (κ3) is 6.70. The largest absolute Gasteiger partial charge is 0.228 e. The molecule has 2 heteroatoms. The Balaban J connectivity index is 2.44. The predicted molar refractivity (Wildman–Crippen MR) is 79.8 cm³/mol. The highest BCUT2D eigenvalue weighted by Crippen LogP contribution is 2.27. The van der Waals surface area contributed by atoms with Crippen LogP contribution in [0.4, 0.5) is 4.39 Å². The summed E-state index contributed by atoms with van der Waals surface area (Å²) in [5.74, 6) is 0.190. The fourth-order valence-corrected chi connectivity index (χ4v) is 2.55. The van der Waals surface area contributed by atoms with Crippen LogP contribution in [-0.4, -0.2) is 4.98 Å². The lowest BCUT2D eigenvalue weighted by Crippen LogP contribution is -2.01. The molecule has 0 N–H and O–H groups in total. The van der Waals surface area contributed by atoms with Crippen molar-refractivity contribution >= 4 is 0 Å². The van der Waals surface area contributed by atoms with E-state index in [1.165, 1.54) is 69.4 Å². The van der Waals surface area contributed by atoms with Crippen molar-refractivity contribution in [3.05, 3.63) is 29.8 Å². The minimum Gasteiger partial charge on any atom is -0.228 e. The van der Waals surface area contributed by atoms with E-state index in [1.54, 1.807) is 6.20 Å². The molecule has 0 amide bonds. The van der Waals surface area contributed by atoms with Crippen LogP contribution in [0.3, 0.4) is 0 Å². The molecule has 0 aliphatic carbocycles. The van der Waals surface area contributed by atoms with Crippen LogP contribution in [0.5, 0.6) is 0 Å². The number of hydrogen-bond donors (Lipinski definition) is 0. The number of aromatic nitrogens is 1. The Morgan fingerprint density at radius 3 is 2.26 bits per heavy atom. The smallest absolute Gasteiger partial charge is 0.212 e. The van der Waals surface area contributed by atoms with Crippen molar-refractivity contribution in [2.75, 3.05) is 0 Å². The summed E-state index contributed by atoms with van der Waals surface area (Å²) in [6.45, 7) is 4.47. The van der Waals surface area contributed by atoms with Crippen molar-refractivity contribution in [2.45, 2.75) is 77.6 Å². The molecule has 0 saturated carbocycles. The van der Waals surface area contributed by atoms with Gasteiger partial charge < -0.3 is 0 Å².